The fourth-order valence-electron chi connectivity index (χ4n) is 3.82. The second-order valence-corrected chi connectivity index (χ2v) is 9.39. The molecule has 2 atom stereocenters. The van der Waals surface area contributed by atoms with Gasteiger partial charge in [0.1, 0.15) is 0 Å². The molecule has 3 amide bonds. The summed E-state index contributed by atoms with van der Waals surface area (Å²) in [5, 5.41) is 10.7. The average Bonchev–Trinajstić information content (AvgIpc) is 2.85. The number of hydroxylamine groups is 1. The van der Waals surface area contributed by atoms with E-state index in [0.717, 1.165) is 5.56 Å². The molecule has 1 heterocycles. The summed E-state index contributed by atoms with van der Waals surface area (Å²) in [5.74, 6) is -2.82. The molecular weight excluding hydrogens is 444 g/mol. The number of rotatable bonds is 11. The fourth-order valence-corrected chi connectivity index (χ4v) is 3.82. The summed E-state index contributed by atoms with van der Waals surface area (Å²) < 4.78 is 0. The van der Waals surface area contributed by atoms with Gasteiger partial charge in [0.05, 0.1) is 11.8 Å². The van der Waals surface area contributed by atoms with Crippen molar-refractivity contribution in [2.75, 3.05) is 6.54 Å². The highest BCUT2D eigenvalue weighted by atomic mass is 16.5. The fraction of sp³-hybridized carbons (Fsp3) is 0.407. The molecule has 188 valence electrons. The van der Waals surface area contributed by atoms with Crippen molar-refractivity contribution in [3.05, 3.63) is 72.1 Å². The number of amides is 3. The van der Waals surface area contributed by atoms with Crippen molar-refractivity contribution in [2.45, 2.75) is 40.5 Å². The van der Waals surface area contributed by atoms with Gasteiger partial charge in [-0.25, -0.2) is 10.5 Å². The number of carbonyl (C=O) groups excluding carboxylic acids is 3. The van der Waals surface area contributed by atoms with Crippen LogP contribution in [0.4, 0.5) is 0 Å². The van der Waals surface area contributed by atoms with Gasteiger partial charge in [0.25, 0.3) is 5.91 Å². The smallest absolute Gasteiger partial charge is 0.272 e. The van der Waals surface area contributed by atoms with Gasteiger partial charge < -0.3 is 0 Å². The summed E-state index contributed by atoms with van der Waals surface area (Å²) in [6.45, 7) is 8.11. The third-order valence-electron chi connectivity index (χ3n) is 5.46. The monoisotopic (exact) mass is 480 g/mol. The lowest BCUT2D eigenvalue weighted by molar-refractivity contribution is -0.142. The minimum Gasteiger partial charge on any atom is -0.289 e. The van der Waals surface area contributed by atoms with E-state index in [2.05, 4.69) is 10.4 Å². The number of allylic oxidation sites excluding steroid dienone is 1. The van der Waals surface area contributed by atoms with Gasteiger partial charge in [-0.05, 0) is 42.4 Å². The maximum atomic E-state index is 13.5. The van der Waals surface area contributed by atoms with E-state index in [0.29, 0.717) is 18.5 Å². The van der Waals surface area contributed by atoms with Crippen LogP contribution < -0.4 is 10.9 Å². The number of hydrogen-bond acceptors (Lipinski definition) is 5. The Bertz CT molecular complexity index is 977. The molecule has 0 saturated heterocycles. The summed E-state index contributed by atoms with van der Waals surface area (Å²) in [6, 6.07) is 12.8. The zero-order valence-corrected chi connectivity index (χ0v) is 20.8. The lowest BCUT2D eigenvalue weighted by atomic mass is 9.82. The second-order valence-electron chi connectivity index (χ2n) is 9.39. The van der Waals surface area contributed by atoms with Crippen LogP contribution in [0.2, 0.25) is 0 Å². The third kappa shape index (κ3) is 8.98. The van der Waals surface area contributed by atoms with Gasteiger partial charge in [0, 0.05) is 24.5 Å². The van der Waals surface area contributed by atoms with Crippen molar-refractivity contribution in [1.82, 2.24) is 20.9 Å². The summed E-state index contributed by atoms with van der Waals surface area (Å²) in [6.07, 6.45) is 7.39. The minimum atomic E-state index is -0.820. The largest absolute Gasteiger partial charge is 0.289 e. The van der Waals surface area contributed by atoms with Gasteiger partial charge in [0.15, 0.2) is 0 Å². The normalized spacial score (nSPS) is 13.0. The number of carbonyl (C=O) groups is 3. The zero-order chi connectivity index (χ0) is 25.8. The Morgan fingerprint density at radius 1 is 0.943 bits per heavy atom. The number of hydrogen-bond donors (Lipinski definition) is 3. The van der Waals surface area contributed by atoms with Gasteiger partial charge in [-0.3, -0.25) is 30.0 Å². The Balaban J connectivity index is 2.29. The topological polar surface area (TPSA) is 112 Å². The lowest BCUT2D eigenvalue weighted by Crippen LogP contribution is -2.52. The summed E-state index contributed by atoms with van der Waals surface area (Å²) in [7, 11) is 0. The van der Waals surface area contributed by atoms with Gasteiger partial charge in [0.2, 0.25) is 11.8 Å². The first kappa shape index (κ1) is 27.7. The standard InChI is InChI=1S/C27H36N4O4/c1-19(2)17-24(23(26(33)30-35)12-8-11-21-9-6-5-7-10-21)25(32)29-31(18-20(3)4)27(34)22-13-15-28-16-14-22/h5-11,13-16,19-20,23-24,35H,12,17-18H2,1-4H3,(H,29,32)(H,30,33)/t23-,24+/m0/s1. The second kappa shape index (κ2) is 14.0. The molecule has 0 aliphatic carbocycles. The molecule has 0 fully saturated rings. The first-order valence-corrected chi connectivity index (χ1v) is 11.9. The molecule has 8 heteroatoms. The van der Waals surface area contributed by atoms with E-state index < -0.39 is 23.7 Å². The van der Waals surface area contributed by atoms with Gasteiger partial charge in [-0.1, -0.05) is 70.2 Å². The minimum absolute atomic E-state index is 0.0926. The number of nitrogens with zero attached hydrogens (tertiary/aromatic N) is 2. The number of benzene rings is 1. The van der Waals surface area contributed by atoms with Gasteiger partial charge in [-0.15, -0.1) is 0 Å². The van der Waals surface area contributed by atoms with E-state index in [4.69, 9.17) is 0 Å². The Labute approximate surface area is 207 Å². The highest BCUT2D eigenvalue weighted by Gasteiger charge is 2.35. The van der Waals surface area contributed by atoms with Crippen LogP contribution in [0, 0.1) is 23.7 Å². The number of hydrazine groups is 1. The number of aromatic nitrogens is 1. The molecular formula is C27H36N4O4. The molecule has 35 heavy (non-hydrogen) atoms. The van der Waals surface area contributed by atoms with Gasteiger partial charge in [-0.2, -0.15) is 0 Å². The van der Waals surface area contributed by atoms with Crippen LogP contribution in [-0.4, -0.2) is 39.5 Å². The highest BCUT2D eigenvalue weighted by Crippen LogP contribution is 2.26. The van der Waals surface area contributed by atoms with E-state index in [9.17, 15) is 19.6 Å². The van der Waals surface area contributed by atoms with Crippen LogP contribution in [0.25, 0.3) is 6.08 Å². The van der Waals surface area contributed by atoms with Crippen LogP contribution in [0.1, 0.15) is 56.5 Å². The van der Waals surface area contributed by atoms with E-state index in [1.54, 1.807) is 17.6 Å². The SMILES string of the molecule is CC(C)C[C@@H](C(=O)NN(CC(C)C)C(=O)c1ccncc1)[C@H](CC=Cc1ccccc1)C(=O)NO. The highest BCUT2D eigenvalue weighted by molar-refractivity contribution is 5.96. The Morgan fingerprint density at radius 3 is 2.17 bits per heavy atom. The van der Waals surface area contributed by atoms with Crippen LogP contribution in [-0.2, 0) is 9.59 Å². The quantitative estimate of drug-likeness (QED) is 0.331. The van der Waals surface area contributed by atoms with Crippen LogP contribution >= 0.6 is 0 Å². The Morgan fingerprint density at radius 2 is 1.60 bits per heavy atom. The summed E-state index contributed by atoms with van der Waals surface area (Å²) in [5.41, 5.74) is 5.84. The van der Waals surface area contributed by atoms with Crippen molar-refractivity contribution in [2.24, 2.45) is 23.7 Å². The van der Waals surface area contributed by atoms with Crippen molar-refractivity contribution >= 4 is 23.8 Å². The molecule has 0 saturated carbocycles. The van der Waals surface area contributed by atoms with Crippen molar-refractivity contribution in [3.8, 4) is 0 Å². The van der Waals surface area contributed by atoms with Crippen LogP contribution in [0.3, 0.4) is 0 Å². The van der Waals surface area contributed by atoms with Crippen molar-refractivity contribution in [3.63, 3.8) is 0 Å². The maximum absolute atomic E-state index is 13.5. The molecule has 0 unspecified atom stereocenters. The van der Waals surface area contributed by atoms with Crippen molar-refractivity contribution < 1.29 is 19.6 Å². The van der Waals surface area contributed by atoms with Crippen LogP contribution in [0.15, 0.2) is 60.9 Å². The zero-order valence-electron chi connectivity index (χ0n) is 20.8. The number of pyridine rings is 1. The Kier molecular flexibility index (Phi) is 11.1. The molecule has 2 rings (SSSR count). The van der Waals surface area contributed by atoms with E-state index in [-0.39, 0.29) is 24.2 Å². The van der Waals surface area contributed by atoms with E-state index in [1.807, 2.05) is 70.2 Å². The first-order valence-electron chi connectivity index (χ1n) is 11.9. The van der Waals surface area contributed by atoms with Gasteiger partial charge >= 0.3 is 0 Å². The van der Waals surface area contributed by atoms with Crippen LogP contribution in [0.5, 0.6) is 0 Å². The molecule has 0 spiro atoms. The Hall–Kier alpha value is -3.52. The predicted octanol–water partition coefficient (Wildman–Crippen LogP) is 4.10. The molecule has 1 aromatic carbocycles. The molecule has 0 bridgehead atoms. The average molecular weight is 481 g/mol. The van der Waals surface area contributed by atoms with E-state index >= 15 is 0 Å². The predicted molar refractivity (Wildman–Crippen MR) is 135 cm³/mol. The third-order valence-corrected chi connectivity index (χ3v) is 5.46. The molecule has 3 N–H and O–H groups in total. The molecule has 0 aliphatic heterocycles. The maximum Gasteiger partial charge on any atom is 0.272 e. The molecule has 2 aromatic rings. The molecule has 0 radical (unpaired) electrons. The lowest BCUT2D eigenvalue weighted by Gasteiger charge is -2.30. The van der Waals surface area contributed by atoms with Crippen molar-refractivity contribution in [1.29, 1.82) is 0 Å². The molecule has 0 aliphatic rings. The molecule has 1 aromatic heterocycles. The van der Waals surface area contributed by atoms with E-state index in [1.165, 1.54) is 17.4 Å². The molecule has 8 nitrogen and oxygen atoms in total. The summed E-state index contributed by atoms with van der Waals surface area (Å²) >= 11 is 0. The number of nitrogens with one attached hydrogen (secondary N) is 2. The first-order chi connectivity index (χ1) is 16.7. The summed E-state index contributed by atoms with van der Waals surface area (Å²) in [4.78, 5) is 43.2.